The van der Waals surface area contributed by atoms with Crippen LogP contribution >= 0.6 is 0 Å². The third kappa shape index (κ3) is 2.71. The third-order valence-corrected chi connectivity index (χ3v) is 3.69. The van der Waals surface area contributed by atoms with E-state index in [1.54, 1.807) is 26.2 Å². The number of aromatic hydroxyl groups is 1. The van der Waals surface area contributed by atoms with Crippen LogP contribution in [0, 0.1) is 13.8 Å². The van der Waals surface area contributed by atoms with E-state index < -0.39 is 5.69 Å². The summed E-state index contributed by atoms with van der Waals surface area (Å²) >= 11 is 0. The van der Waals surface area contributed by atoms with Crippen LogP contribution in [0.3, 0.4) is 0 Å². The lowest BCUT2D eigenvalue weighted by Gasteiger charge is -2.11. The number of imidazole rings is 1. The molecule has 0 bridgehead atoms. The molecule has 0 aliphatic carbocycles. The van der Waals surface area contributed by atoms with Crippen molar-refractivity contribution in [3.63, 3.8) is 0 Å². The van der Waals surface area contributed by atoms with Crippen molar-refractivity contribution in [2.24, 2.45) is 0 Å². The Morgan fingerprint density at radius 2 is 1.92 bits per heavy atom. The van der Waals surface area contributed by atoms with Crippen LogP contribution in [0.4, 0.5) is 0 Å². The topological polar surface area (TPSA) is 89.4 Å². The molecule has 24 heavy (non-hydrogen) atoms. The highest BCUT2D eigenvalue weighted by atomic mass is 16.5. The normalized spacial score (nSPS) is 10.6. The van der Waals surface area contributed by atoms with Gasteiger partial charge in [-0.25, -0.2) is 14.3 Å². The number of H-pyrrole nitrogens is 1. The second-order valence-electron chi connectivity index (χ2n) is 5.25. The summed E-state index contributed by atoms with van der Waals surface area (Å²) in [6, 6.07) is 8.77. The fourth-order valence-corrected chi connectivity index (χ4v) is 2.38. The van der Waals surface area contributed by atoms with Gasteiger partial charge in [0.15, 0.2) is 0 Å². The molecule has 0 radical (unpaired) electrons. The van der Waals surface area contributed by atoms with E-state index in [0.29, 0.717) is 23.0 Å². The van der Waals surface area contributed by atoms with Gasteiger partial charge < -0.3 is 19.6 Å². The van der Waals surface area contributed by atoms with Crippen LogP contribution in [-0.4, -0.2) is 26.8 Å². The van der Waals surface area contributed by atoms with Crippen LogP contribution in [-0.2, 0) is 0 Å². The first-order valence-corrected chi connectivity index (χ1v) is 7.29. The Morgan fingerprint density at radius 3 is 2.50 bits per heavy atom. The number of pyridine rings is 1. The van der Waals surface area contributed by atoms with Crippen molar-refractivity contribution in [1.29, 1.82) is 0 Å². The molecule has 0 amide bonds. The minimum Gasteiger partial charge on any atom is -0.496 e. The molecule has 7 heteroatoms. The molecule has 7 nitrogen and oxygen atoms in total. The third-order valence-electron chi connectivity index (χ3n) is 3.69. The number of methoxy groups -OCH3 is 1. The van der Waals surface area contributed by atoms with Gasteiger partial charge >= 0.3 is 5.69 Å². The summed E-state index contributed by atoms with van der Waals surface area (Å²) in [6.07, 6.45) is 1.46. The van der Waals surface area contributed by atoms with E-state index in [1.165, 1.54) is 6.20 Å². The molecule has 0 aliphatic rings. The summed E-state index contributed by atoms with van der Waals surface area (Å²) in [7, 11) is 1.60. The molecule has 3 rings (SSSR count). The molecule has 1 aromatic carbocycles. The summed E-state index contributed by atoms with van der Waals surface area (Å²) in [6.45, 7) is 3.51. The van der Waals surface area contributed by atoms with Gasteiger partial charge in [0.1, 0.15) is 11.5 Å². The molecule has 0 aliphatic heterocycles. The average molecular weight is 327 g/mol. The summed E-state index contributed by atoms with van der Waals surface area (Å²) < 4.78 is 12.2. The van der Waals surface area contributed by atoms with Crippen molar-refractivity contribution in [2.75, 3.05) is 7.11 Å². The zero-order valence-corrected chi connectivity index (χ0v) is 13.5. The smallest absolute Gasteiger partial charge is 0.333 e. The Labute approximate surface area is 138 Å². The molecule has 0 fully saturated rings. The van der Waals surface area contributed by atoms with Crippen molar-refractivity contribution < 1.29 is 14.6 Å². The van der Waals surface area contributed by atoms with Crippen molar-refractivity contribution in [1.82, 2.24) is 14.5 Å². The first-order chi connectivity index (χ1) is 11.5. The van der Waals surface area contributed by atoms with Crippen LogP contribution in [0.25, 0.3) is 5.69 Å². The predicted molar refractivity (Wildman–Crippen MR) is 88.4 cm³/mol. The number of hydrogen-bond donors (Lipinski definition) is 2. The van der Waals surface area contributed by atoms with E-state index in [9.17, 15) is 9.90 Å². The van der Waals surface area contributed by atoms with E-state index >= 15 is 0 Å². The molecule has 2 heterocycles. The first-order valence-electron chi connectivity index (χ1n) is 7.29. The Hall–Kier alpha value is -3.22. The average Bonchev–Trinajstić information content (AvgIpc) is 2.83. The maximum Gasteiger partial charge on any atom is 0.333 e. The summed E-state index contributed by atoms with van der Waals surface area (Å²) in [4.78, 5) is 18.6. The van der Waals surface area contributed by atoms with Gasteiger partial charge in [-0.15, -0.1) is 0 Å². The predicted octanol–water partition coefficient (Wildman–Crippen LogP) is 2.68. The number of nitrogens with one attached hydrogen (secondary N) is 1. The lowest BCUT2D eigenvalue weighted by molar-refractivity contribution is 0.402. The lowest BCUT2D eigenvalue weighted by Crippen LogP contribution is -2.14. The fraction of sp³-hybridized carbons (Fsp3) is 0.176. The minimum absolute atomic E-state index is 0.140. The largest absolute Gasteiger partial charge is 0.496 e. The molecule has 2 aromatic heterocycles. The van der Waals surface area contributed by atoms with Gasteiger partial charge in [0.2, 0.25) is 11.8 Å². The number of hydrogen-bond acceptors (Lipinski definition) is 5. The summed E-state index contributed by atoms with van der Waals surface area (Å²) in [5, 5.41) is 9.93. The van der Waals surface area contributed by atoms with E-state index in [0.717, 1.165) is 15.9 Å². The molecule has 124 valence electrons. The molecule has 2 N–H and O–H groups in total. The highest BCUT2D eigenvalue weighted by molar-refractivity contribution is 5.45. The van der Waals surface area contributed by atoms with Crippen molar-refractivity contribution in [3.05, 3.63) is 58.3 Å². The maximum atomic E-state index is 11.8. The Morgan fingerprint density at radius 1 is 1.17 bits per heavy atom. The van der Waals surface area contributed by atoms with Crippen LogP contribution in [0.5, 0.6) is 23.3 Å². The zero-order valence-electron chi connectivity index (χ0n) is 13.5. The highest BCUT2D eigenvalue weighted by Gasteiger charge is 2.12. The Bertz CT molecular complexity index is 926. The van der Waals surface area contributed by atoms with E-state index in [-0.39, 0.29) is 5.88 Å². The number of aryl methyl sites for hydroxylation is 1. The first kappa shape index (κ1) is 15.7. The Balaban J connectivity index is 1.89. The Kier molecular flexibility index (Phi) is 3.99. The van der Waals surface area contributed by atoms with E-state index in [4.69, 9.17) is 9.47 Å². The number of rotatable bonds is 4. The molecular formula is C17H17N3O4. The summed E-state index contributed by atoms with van der Waals surface area (Å²) in [5.74, 6) is 1.59. The van der Waals surface area contributed by atoms with Crippen molar-refractivity contribution >= 4 is 0 Å². The van der Waals surface area contributed by atoms with Crippen LogP contribution in [0.1, 0.15) is 11.3 Å². The monoisotopic (exact) mass is 327 g/mol. The second kappa shape index (κ2) is 6.11. The lowest BCUT2D eigenvalue weighted by atomic mass is 10.2. The number of aromatic amines is 1. The van der Waals surface area contributed by atoms with Gasteiger partial charge in [0, 0.05) is 11.6 Å². The molecule has 0 saturated carbocycles. The minimum atomic E-state index is -0.427. The number of ether oxygens (including phenoxy) is 2. The van der Waals surface area contributed by atoms with E-state index in [1.807, 2.05) is 25.1 Å². The van der Waals surface area contributed by atoms with Crippen LogP contribution < -0.4 is 15.2 Å². The van der Waals surface area contributed by atoms with Gasteiger partial charge in [-0.05, 0) is 32.0 Å². The zero-order chi connectivity index (χ0) is 17.3. The van der Waals surface area contributed by atoms with Gasteiger partial charge in [0.05, 0.1) is 24.7 Å². The van der Waals surface area contributed by atoms with Crippen LogP contribution in [0.2, 0.25) is 0 Å². The van der Waals surface area contributed by atoms with Gasteiger partial charge in [-0.2, -0.15) is 0 Å². The molecule has 3 aromatic rings. The fourth-order valence-electron chi connectivity index (χ4n) is 2.38. The molecule has 0 atom stereocenters. The standard InChI is InChI=1S/C17H17N3O4/c1-10-13(23-3)5-4-6-14(10)24-15-8-7-12(9-18-15)20-16(21)11(2)19-17(20)22/h4-9,21H,1-3H3,(H,19,22). The quantitative estimate of drug-likeness (QED) is 0.769. The van der Waals surface area contributed by atoms with Gasteiger partial charge in [-0.1, -0.05) is 6.07 Å². The molecule has 0 spiro atoms. The highest BCUT2D eigenvalue weighted by Crippen LogP contribution is 2.30. The number of aromatic nitrogens is 3. The van der Waals surface area contributed by atoms with Crippen molar-refractivity contribution in [2.45, 2.75) is 13.8 Å². The molecule has 0 unspecified atom stereocenters. The number of benzene rings is 1. The molecular weight excluding hydrogens is 310 g/mol. The SMILES string of the molecule is COc1cccc(Oc2ccc(-n3c(O)c(C)[nH]c3=O)cn2)c1C. The molecule has 0 saturated heterocycles. The second-order valence-corrected chi connectivity index (χ2v) is 5.25. The van der Waals surface area contributed by atoms with Gasteiger partial charge in [-0.3, -0.25) is 0 Å². The summed E-state index contributed by atoms with van der Waals surface area (Å²) in [5.41, 5.74) is 1.27. The van der Waals surface area contributed by atoms with E-state index in [2.05, 4.69) is 9.97 Å². The van der Waals surface area contributed by atoms with Gasteiger partial charge in [0.25, 0.3) is 0 Å². The van der Waals surface area contributed by atoms with Crippen LogP contribution in [0.15, 0.2) is 41.3 Å². The van der Waals surface area contributed by atoms with Crippen molar-refractivity contribution in [3.8, 4) is 28.9 Å². The maximum absolute atomic E-state index is 11.8. The number of nitrogens with zero attached hydrogens (tertiary/aromatic N) is 2.